The average Bonchev–Trinajstić information content (AvgIpc) is 3.17. The third kappa shape index (κ3) is 3.70. The van der Waals surface area contributed by atoms with E-state index in [0.29, 0.717) is 23.3 Å². The molecule has 7 heteroatoms. The molecule has 31 heavy (non-hydrogen) atoms. The maximum Gasteiger partial charge on any atom is 0.332 e. The number of benzene rings is 2. The van der Waals surface area contributed by atoms with Gasteiger partial charge >= 0.3 is 5.69 Å². The molecular formula is C24H24N4O3. The summed E-state index contributed by atoms with van der Waals surface area (Å²) in [5, 5.41) is 3.34. The molecular weight excluding hydrogens is 392 g/mol. The number of hydrogen-bond donors (Lipinski definition) is 1. The summed E-state index contributed by atoms with van der Waals surface area (Å²) in [5.74, 6) is -0.307. The lowest BCUT2D eigenvalue weighted by Gasteiger charge is -2.16. The van der Waals surface area contributed by atoms with Crippen molar-refractivity contribution in [3.63, 3.8) is 0 Å². The predicted molar refractivity (Wildman–Crippen MR) is 120 cm³/mol. The van der Waals surface area contributed by atoms with Crippen molar-refractivity contribution in [2.45, 2.75) is 19.5 Å². The molecule has 2 aromatic heterocycles. The van der Waals surface area contributed by atoms with Gasteiger partial charge in [-0.05, 0) is 24.1 Å². The molecule has 0 fully saturated rings. The quantitative estimate of drug-likeness (QED) is 0.543. The van der Waals surface area contributed by atoms with Crippen LogP contribution in [0.3, 0.4) is 0 Å². The second kappa shape index (κ2) is 8.10. The Hall–Kier alpha value is -3.87. The summed E-state index contributed by atoms with van der Waals surface area (Å²) >= 11 is 0. The molecule has 0 aliphatic rings. The molecule has 0 spiro atoms. The number of carbonyl (C=O) groups excluding carboxylic acids is 1. The Labute approximate surface area is 179 Å². The second-order valence-electron chi connectivity index (χ2n) is 7.65. The number of nitrogens with one attached hydrogen (secondary N) is 1. The lowest BCUT2D eigenvalue weighted by molar-refractivity contribution is 0.0931. The van der Waals surface area contributed by atoms with Crippen LogP contribution in [0.25, 0.3) is 11.0 Å². The van der Waals surface area contributed by atoms with Crippen LogP contribution >= 0.6 is 0 Å². The van der Waals surface area contributed by atoms with Crippen molar-refractivity contribution < 1.29 is 4.79 Å². The topological polar surface area (TPSA) is 78.0 Å². The minimum Gasteiger partial charge on any atom is -0.344 e. The Balaban J connectivity index is 1.85. The first kappa shape index (κ1) is 20.4. The van der Waals surface area contributed by atoms with Crippen LogP contribution in [0.1, 0.15) is 34.6 Å². The zero-order valence-corrected chi connectivity index (χ0v) is 17.7. The fourth-order valence-corrected chi connectivity index (χ4v) is 3.85. The van der Waals surface area contributed by atoms with E-state index < -0.39 is 11.2 Å². The van der Waals surface area contributed by atoms with Crippen molar-refractivity contribution in [1.29, 1.82) is 0 Å². The molecule has 0 saturated heterocycles. The van der Waals surface area contributed by atoms with Crippen molar-refractivity contribution in [1.82, 2.24) is 19.0 Å². The fraction of sp³-hybridized carbons (Fsp3) is 0.208. The third-order valence-electron chi connectivity index (χ3n) is 5.56. The monoisotopic (exact) mass is 416 g/mol. The molecule has 158 valence electrons. The summed E-state index contributed by atoms with van der Waals surface area (Å²) in [7, 11) is 3.05. The van der Waals surface area contributed by atoms with Gasteiger partial charge in [0.2, 0.25) is 0 Å². The van der Waals surface area contributed by atoms with Crippen LogP contribution < -0.4 is 16.6 Å². The number of aromatic nitrogens is 3. The predicted octanol–water partition coefficient (Wildman–Crippen LogP) is 2.58. The van der Waals surface area contributed by atoms with E-state index >= 15 is 0 Å². The van der Waals surface area contributed by atoms with Crippen LogP contribution in [-0.4, -0.2) is 19.6 Å². The van der Waals surface area contributed by atoms with E-state index in [1.807, 2.05) is 67.6 Å². The van der Waals surface area contributed by atoms with Crippen molar-refractivity contribution in [3.8, 4) is 0 Å². The Morgan fingerprint density at radius 3 is 2.19 bits per heavy atom. The summed E-state index contributed by atoms with van der Waals surface area (Å²) in [6.45, 7) is 2.26. The minimum atomic E-state index is -0.436. The van der Waals surface area contributed by atoms with E-state index in [9.17, 15) is 14.4 Å². The first-order chi connectivity index (χ1) is 14.9. The summed E-state index contributed by atoms with van der Waals surface area (Å²) in [5.41, 5.74) is 1.84. The van der Waals surface area contributed by atoms with Crippen LogP contribution in [0, 0.1) is 0 Å². The standard InChI is InChI=1S/C24H24N4O3/c1-16(18-12-8-5-9-13-18)25-21(29)20-14-19-22(26(2)24(31)27(3)23(19)30)28(20)15-17-10-6-4-7-11-17/h4-14,16H,15H2,1-3H3,(H,25,29)/t16-/m0/s1. The van der Waals surface area contributed by atoms with E-state index in [2.05, 4.69) is 5.32 Å². The number of aryl methyl sites for hydroxylation is 1. The van der Waals surface area contributed by atoms with E-state index in [-0.39, 0.29) is 11.9 Å². The summed E-state index contributed by atoms with van der Waals surface area (Å²) in [6, 6.07) is 20.6. The highest BCUT2D eigenvalue weighted by molar-refractivity contribution is 5.98. The number of hydrogen-bond acceptors (Lipinski definition) is 3. The smallest absolute Gasteiger partial charge is 0.332 e. The first-order valence-corrected chi connectivity index (χ1v) is 10.1. The number of nitrogens with zero attached hydrogens (tertiary/aromatic N) is 3. The SMILES string of the molecule is C[C@H](NC(=O)c1cc2c(=O)n(C)c(=O)n(C)c2n1Cc1ccccc1)c1ccccc1. The van der Waals surface area contributed by atoms with Gasteiger partial charge in [0, 0.05) is 20.6 Å². The Morgan fingerprint density at radius 2 is 1.55 bits per heavy atom. The van der Waals surface area contributed by atoms with Crippen molar-refractivity contribution in [2.75, 3.05) is 0 Å². The molecule has 0 saturated carbocycles. The Kier molecular flexibility index (Phi) is 5.33. The summed E-state index contributed by atoms with van der Waals surface area (Å²) in [4.78, 5) is 38.6. The normalized spacial score (nSPS) is 12.1. The van der Waals surface area contributed by atoms with Crippen LogP contribution in [0.2, 0.25) is 0 Å². The number of amides is 1. The third-order valence-corrected chi connectivity index (χ3v) is 5.56. The van der Waals surface area contributed by atoms with Crippen molar-refractivity contribution >= 4 is 16.9 Å². The second-order valence-corrected chi connectivity index (χ2v) is 7.65. The maximum atomic E-state index is 13.3. The molecule has 0 aliphatic heterocycles. The highest BCUT2D eigenvalue weighted by Crippen LogP contribution is 2.20. The zero-order chi connectivity index (χ0) is 22.1. The van der Waals surface area contributed by atoms with Gasteiger partial charge in [-0.15, -0.1) is 0 Å². The van der Waals surface area contributed by atoms with Crippen molar-refractivity contribution in [2.24, 2.45) is 14.1 Å². The number of rotatable bonds is 5. The van der Waals surface area contributed by atoms with Crippen LogP contribution in [0.4, 0.5) is 0 Å². The molecule has 1 N–H and O–H groups in total. The lowest BCUT2D eigenvalue weighted by atomic mass is 10.1. The molecule has 0 bridgehead atoms. The van der Waals surface area contributed by atoms with Crippen molar-refractivity contribution in [3.05, 3.63) is 104 Å². The molecule has 2 heterocycles. The van der Waals surface area contributed by atoms with Crippen LogP contribution in [0.15, 0.2) is 76.3 Å². The maximum absolute atomic E-state index is 13.3. The summed E-state index contributed by atoms with van der Waals surface area (Å²) < 4.78 is 4.21. The molecule has 2 aromatic carbocycles. The first-order valence-electron chi connectivity index (χ1n) is 10.1. The largest absolute Gasteiger partial charge is 0.344 e. The van der Waals surface area contributed by atoms with Gasteiger partial charge in [-0.25, -0.2) is 4.79 Å². The lowest BCUT2D eigenvalue weighted by Crippen LogP contribution is -2.37. The number of fused-ring (bicyclic) bond motifs is 1. The highest BCUT2D eigenvalue weighted by Gasteiger charge is 2.22. The van der Waals surface area contributed by atoms with Gasteiger partial charge in [0.05, 0.1) is 11.4 Å². The van der Waals surface area contributed by atoms with Gasteiger partial charge in [0.25, 0.3) is 11.5 Å². The Bertz CT molecular complexity index is 1370. The Morgan fingerprint density at radius 1 is 0.935 bits per heavy atom. The highest BCUT2D eigenvalue weighted by atomic mass is 16.2. The average molecular weight is 416 g/mol. The van der Waals surface area contributed by atoms with Gasteiger partial charge < -0.3 is 9.88 Å². The van der Waals surface area contributed by atoms with Crippen LogP contribution in [-0.2, 0) is 20.6 Å². The number of carbonyl (C=O) groups is 1. The van der Waals surface area contributed by atoms with Gasteiger partial charge in [-0.1, -0.05) is 60.7 Å². The molecule has 1 atom stereocenters. The molecule has 4 aromatic rings. The van der Waals surface area contributed by atoms with Gasteiger partial charge in [0.15, 0.2) is 0 Å². The van der Waals surface area contributed by atoms with E-state index in [4.69, 9.17) is 0 Å². The van der Waals surface area contributed by atoms with E-state index in [1.165, 1.54) is 11.6 Å². The molecule has 4 rings (SSSR count). The van der Waals surface area contributed by atoms with Gasteiger partial charge in [-0.2, -0.15) is 0 Å². The fourth-order valence-electron chi connectivity index (χ4n) is 3.85. The molecule has 7 nitrogen and oxygen atoms in total. The molecule has 1 amide bonds. The molecule has 0 unspecified atom stereocenters. The molecule has 0 aliphatic carbocycles. The minimum absolute atomic E-state index is 0.219. The van der Waals surface area contributed by atoms with Gasteiger partial charge in [0.1, 0.15) is 11.3 Å². The zero-order valence-electron chi connectivity index (χ0n) is 17.7. The van der Waals surface area contributed by atoms with E-state index in [1.54, 1.807) is 17.7 Å². The van der Waals surface area contributed by atoms with Crippen LogP contribution in [0.5, 0.6) is 0 Å². The van der Waals surface area contributed by atoms with E-state index in [0.717, 1.165) is 15.7 Å². The molecule has 0 radical (unpaired) electrons. The summed E-state index contributed by atoms with van der Waals surface area (Å²) in [6.07, 6.45) is 0. The van der Waals surface area contributed by atoms with Gasteiger partial charge in [-0.3, -0.25) is 18.7 Å².